The molecular weight excluding hydrogens is 446 g/mol. The van der Waals surface area contributed by atoms with Crippen molar-refractivity contribution in [3.8, 4) is 5.75 Å². The first-order chi connectivity index (χ1) is 17.0. The van der Waals surface area contributed by atoms with Crippen LogP contribution in [0, 0.1) is 5.92 Å². The summed E-state index contributed by atoms with van der Waals surface area (Å²) < 4.78 is 5.95. The van der Waals surface area contributed by atoms with Gasteiger partial charge in [0.25, 0.3) is 5.91 Å². The van der Waals surface area contributed by atoms with Crippen LogP contribution in [0.4, 0.5) is 10.5 Å². The number of aromatic nitrogens is 1. The van der Waals surface area contributed by atoms with E-state index in [9.17, 15) is 14.4 Å². The van der Waals surface area contributed by atoms with Crippen molar-refractivity contribution in [1.82, 2.24) is 14.8 Å². The molecule has 9 heteroatoms. The van der Waals surface area contributed by atoms with Crippen LogP contribution in [0.5, 0.6) is 5.75 Å². The van der Waals surface area contributed by atoms with Gasteiger partial charge in [0.05, 0.1) is 24.1 Å². The molecule has 2 aromatic rings. The zero-order chi connectivity index (χ0) is 24.6. The Morgan fingerprint density at radius 1 is 0.971 bits per heavy atom. The standard InChI is InChI=1S/C26H33N5O4/c27-24(32)21-15-22(18-28-17-21)29-26(34)31-12-10-30(11-13-31)25(33)20-7-4-8-23(16-20)35-14-9-19-5-2-1-3-6-19/h4,7-8,15-19H,1-3,5-6,9-14H2,(H2,27,32)(H,29,34). The Morgan fingerprint density at radius 3 is 2.46 bits per heavy atom. The third-order valence-corrected chi connectivity index (χ3v) is 6.73. The van der Waals surface area contributed by atoms with Crippen LogP contribution in [0.1, 0.15) is 59.2 Å². The molecule has 9 nitrogen and oxygen atoms in total. The van der Waals surface area contributed by atoms with Crippen molar-refractivity contribution < 1.29 is 19.1 Å². The van der Waals surface area contributed by atoms with Crippen LogP contribution in [-0.4, -0.2) is 65.4 Å². The van der Waals surface area contributed by atoms with Crippen LogP contribution in [0.2, 0.25) is 0 Å². The second-order valence-corrected chi connectivity index (χ2v) is 9.20. The molecule has 2 heterocycles. The Bertz CT molecular complexity index is 1050. The molecule has 2 fully saturated rings. The summed E-state index contributed by atoms with van der Waals surface area (Å²) in [7, 11) is 0. The number of nitrogens with one attached hydrogen (secondary N) is 1. The lowest BCUT2D eigenvalue weighted by Gasteiger charge is -2.34. The molecule has 0 atom stereocenters. The normalized spacial score (nSPS) is 16.6. The zero-order valence-electron chi connectivity index (χ0n) is 19.9. The molecule has 4 rings (SSSR count). The number of piperazine rings is 1. The van der Waals surface area contributed by atoms with Crippen molar-refractivity contribution in [3.63, 3.8) is 0 Å². The maximum Gasteiger partial charge on any atom is 0.322 e. The first kappa shape index (κ1) is 24.5. The van der Waals surface area contributed by atoms with Crippen molar-refractivity contribution >= 4 is 23.5 Å². The van der Waals surface area contributed by atoms with Crippen molar-refractivity contribution in [3.05, 3.63) is 53.9 Å². The van der Waals surface area contributed by atoms with E-state index in [1.807, 2.05) is 12.1 Å². The average molecular weight is 480 g/mol. The number of primary amides is 1. The van der Waals surface area contributed by atoms with E-state index >= 15 is 0 Å². The smallest absolute Gasteiger partial charge is 0.322 e. The van der Waals surface area contributed by atoms with Crippen LogP contribution in [0.3, 0.4) is 0 Å². The largest absolute Gasteiger partial charge is 0.494 e. The molecule has 1 aliphatic carbocycles. The van der Waals surface area contributed by atoms with Crippen LogP contribution in [0.25, 0.3) is 0 Å². The van der Waals surface area contributed by atoms with Gasteiger partial charge in [-0.15, -0.1) is 0 Å². The minimum Gasteiger partial charge on any atom is -0.494 e. The third kappa shape index (κ3) is 6.71. The predicted molar refractivity (Wildman–Crippen MR) is 132 cm³/mol. The highest BCUT2D eigenvalue weighted by Gasteiger charge is 2.25. The number of rotatable bonds is 7. The third-order valence-electron chi connectivity index (χ3n) is 6.73. The van der Waals surface area contributed by atoms with E-state index in [0.29, 0.717) is 44.0 Å². The lowest BCUT2D eigenvalue weighted by molar-refractivity contribution is 0.0671. The maximum atomic E-state index is 13.0. The number of nitrogens with zero attached hydrogens (tertiary/aromatic N) is 3. The van der Waals surface area contributed by atoms with E-state index in [4.69, 9.17) is 10.5 Å². The maximum absolute atomic E-state index is 13.0. The number of carbonyl (C=O) groups excluding carboxylic acids is 3. The van der Waals surface area contributed by atoms with Gasteiger partial charge in [-0.2, -0.15) is 0 Å². The van der Waals surface area contributed by atoms with Crippen molar-refractivity contribution in [1.29, 1.82) is 0 Å². The molecule has 0 bridgehead atoms. The Labute approximate surface area is 205 Å². The average Bonchev–Trinajstić information content (AvgIpc) is 2.89. The summed E-state index contributed by atoms with van der Waals surface area (Å²) in [6.07, 6.45) is 10.4. The number of urea groups is 1. The van der Waals surface area contributed by atoms with Crippen molar-refractivity contribution in [2.24, 2.45) is 11.7 Å². The van der Waals surface area contributed by atoms with Crippen LogP contribution < -0.4 is 15.8 Å². The molecule has 35 heavy (non-hydrogen) atoms. The van der Waals surface area contributed by atoms with E-state index in [0.717, 1.165) is 18.1 Å². The molecule has 1 aliphatic heterocycles. The highest BCUT2D eigenvalue weighted by Crippen LogP contribution is 2.26. The molecule has 1 saturated heterocycles. The minimum atomic E-state index is -0.612. The highest BCUT2D eigenvalue weighted by atomic mass is 16.5. The number of amides is 4. The molecule has 186 valence electrons. The molecule has 1 saturated carbocycles. The van der Waals surface area contributed by atoms with Gasteiger partial charge in [0.1, 0.15) is 5.75 Å². The van der Waals surface area contributed by atoms with E-state index in [-0.39, 0.29) is 17.5 Å². The Morgan fingerprint density at radius 2 is 1.71 bits per heavy atom. The number of hydrogen-bond donors (Lipinski definition) is 2. The van der Waals surface area contributed by atoms with Crippen LogP contribution in [-0.2, 0) is 0 Å². The van der Waals surface area contributed by atoms with Gasteiger partial charge >= 0.3 is 6.03 Å². The van der Waals surface area contributed by atoms with E-state index in [2.05, 4.69) is 10.3 Å². The van der Waals surface area contributed by atoms with E-state index in [1.54, 1.807) is 21.9 Å². The Kier molecular flexibility index (Phi) is 8.18. The van der Waals surface area contributed by atoms with Gasteiger partial charge in [-0.05, 0) is 36.6 Å². The zero-order valence-corrected chi connectivity index (χ0v) is 19.9. The molecule has 0 unspecified atom stereocenters. The number of ether oxygens (including phenoxy) is 1. The number of carbonyl (C=O) groups is 3. The number of anilines is 1. The number of benzene rings is 1. The quantitative estimate of drug-likeness (QED) is 0.630. The lowest BCUT2D eigenvalue weighted by Crippen LogP contribution is -2.51. The van der Waals surface area contributed by atoms with Gasteiger partial charge in [0.2, 0.25) is 5.91 Å². The second kappa shape index (κ2) is 11.7. The number of hydrogen-bond acceptors (Lipinski definition) is 5. The van der Waals surface area contributed by atoms with E-state index < -0.39 is 5.91 Å². The SMILES string of the molecule is NC(=O)c1cncc(NC(=O)N2CCN(C(=O)c3cccc(OCCC4CCCCC4)c3)CC2)c1. The fourth-order valence-corrected chi connectivity index (χ4v) is 4.68. The van der Waals surface area contributed by atoms with Crippen molar-refractivity contribution in [2.75, 3.05) is 38.1 Å². The molecule has 1 aromatic heterocycles. The van der Waals surface area contributed by atoms with Gasteiger partial charge in [-0.1, -0.05) is 38.2 Å². The summed E-state index contributed by atoms with van der Waals surface area (Å²) in [4.78, 5) is 44.3. The first-order valence-corrected chi connectivity index (χ1v) is 12.3. The summed E-state index contributed by atoms with van der Waals surface area (Å²) in [5, 5.41) is 2.73. The number of pyridine rings is 1. The second-order valence-electron chi connectivity index (χ2n) is 9.20. The molecule has 1 aromatic carbocycles. The molecular formula is C26H33N5O4. The molecule has 3 N–H and O–H groups in total. The molecule has 4 amide bonds. The van der Waals surface area contributed by atoms with Gasteiger partial charge < -0.3 is 25.6 Å². The molecule has 2 aliphatic rings. The molecule has 0 spiro atoms. The lowest BCUT2D eigenvalue weighted by atomic mass is 9.87. The summed E-state index contributed by atoms with van der Waals surface area (Å²) in [5.41, 5.74) is 6.47. The summed E-state index contributed by atoms with van der Waals surface area (Å²) in [6, 6.07) is 8.52. The minimum absolute atomic E-state index is 0.0684. The Hall–Kier alpha value is -3.62. The topological polar surface area (TPSA) is 118 Å². The van der Waals surface area contributed by atoms with Crippen LogP contribution >= 0.6 is 0 Å². The monoisotopic (exact) mass is 479 g/mol. The van der Waals surface area contributed by atoms with Gasteiger partial charge in [0, 0.05) is 37.9 Å². The van der Waals surface area contributed by atoms with Crippen molar-refractivity contribution in [2.45, 2.75) is 38.5 Å². The predicted octanol–water partition coefficient (Wildman–Crippen LogP) is 3.52. The Balaban J connectivity index is 1.25. The molecule has 0 radical (unpaired) electrons. The summed E-state index contributed by atoms with van der Waals surface area (Å²) in [6.45, 7) is 2.33. The van der Waals surface area contributed by atoms with Gasteiger partial charge in [-0.3, -0.25) is 14.6 Å². The number of nitrogens with two attached hydrogens (primary N) is 1. The summed E-state index contributed by atoms with van der Waals surface area (Å²) in [5.74, 6) is 0.794. The summed E-state index contributed by atoms with van der Waals surface area (Å²) >= 11 is 0. The van der Waals surface area contributed by atoms with E-state index in [1.165, 1.54) is 50.6 Å². The fraction of sp³-hybridized carbons (Fsp3) is 0.462. The fourth-order valence-electron chi connectivity index (χ4n) is 4.68. The van der Waals surface area contributed by atoms with Gasteiger partial charge in [-0.25, -0.2) is 4.79 Å². The van der Waals surface area contributed by atoms with Crippen LogP contribution in [0.15, 0.2) is 42.7 Å². The first-order valence-electron chi connectivity index (χ1n) is 12.3. The van der Waals surface area contributed by atoms with Gasteiger partial charge in [0.15, 0.2) is 0 Å². The highest BCUT2D eigenvalue weighted by molar-refractivity contribution is 5.96.